The standard InChI is InChI=1S/C5H8ClN5O3/c6-1-3(12)2-10-4(7)8-5(9-10)11(13)14/h3,12H,1-2H2,(H2,7,8,9). The molecule has 0 fully saturated rings. The number of hydrogen-bond donors (Lipinski definition) is 2. The normalized spacial score (nSPS) is 12.7. The minimum Gasteiger partial charge on any atom is -0.390 e. The highest BCUT2D eigenvalue weighted by atomic mass is 35.5. The lowest BCUT2D eigenvalue weighted by Gasteiger charge is -2.02. The van der Waals surface area contributed by atoms with E-state index in [4.69, 9.17) is 22.4 Å². The number of nitrogens with zero attached hydrogens (tertiary/aromatic N) is 4. The van der Waals surface area contributed by atoms with Crippen LogP contribution in [0, 0.1) is 10.1 Å². The molecule has 1 unspecified atom stereocenters. The summed E-state index contributed by atoms with van der Waals surface area (Å²) in [6.45, 7) is -0.0177. The predicted molar refractivity (Wildman–Crippen MR) is 47.8 cm³/mol. The van der Waals surface area contributed by atoms with E-state index in [-0.39, 0.29) is 18.4 Å². The fourth-order valence-electron chi connectivity index (χ4n) is 0.802. The molecule has 14 heavy (non-hydrogen) atoms. The third kappa shape index (κ3) is 2.30. The van der Waals surface area contributed by atoms with Crippen LogP contribution in [-0.4, -0.2) is 36.8 Å². The van der Waals surface area contributed by atoms with Crippen molar-refractivity contribution < 1.29 is 10.0 Å². The van der Waals surface area contributed by atoms with Crippen molar-refractivity contribution in [3.63, 3.8) is 0 Å². The molecule has 0 amide bonds. The summed E-state index contributed by atoms with van der Waals surface area (Å²) in [5.41, 5.74) is 5.31. The van der Waals surface area contributed by atoms with Crippen LogP contribution in [-0.2, 0) is 6.54 Å². The van der Waals surface area contributed by atoms with Gasteiger partial charge in [0.05, 0.1) is 18.5 Å². The van der Waals surface area contributed by atoms with Gasteiger partial charge in [-0.1, -0.05) is 0 Å². The lowest BCUT2D eigenvalue weighted by molar-refractivity contribution is -0.394. The largest absolute Gasteiger partial charge is 0.493 e. The first-order valence-corrected chi connectivity index (χ1v) is 4.16. The summed E-state index contributed by atoms with van der Waals surface area (Å²) >= 11 is 5.34. The minimum atomic E-state index is -0.861. The molecule has 9 heteroatoms. The molecule has 0 radical (unpaired) electrons. The van der Waals surface area contributed by atoms with Gasteiger partial charge in [0, 0.05) is 5.10 Å². The van der Waals surface area contributed by atoms with E-state index in [2.05, 4.69) is 10.1 Å². The number of halogens is 1. The van der Waals surface area contributed by atoms with Gasteiger partial charge < -0.3 is 21.0 Å². The number of aliphatic hydroxyl groups excluding tert-OH is 1. The Balaban J connectivity index is 2.82. The summed E-state index contributed by atoms with van der Waals surface area (Å²) in [6, 6.07) is 0. The Hall–Kier alpha value is -1.41. The van der Waals surface area contributed by atoms with Crippen LogP contribution >= 0.6 is 11.6 Å². The van der Waals surface area contributed by atoms with Crippen molar-refractivity contribution >= 4 is 23.5 Å². The Kier molecular flexibility index (Phi) is 3.20. The Bertz CT molecular complexity index is 340. The fraction of sp³-hybridized carbons (Fsp3) is 0.600. The second kappa shape index (κ2) is 4.20. The Morgan fingerprint density at radius 3 is 2.86 bits per heavy atom. The molecule has 0 saturated carbocycles. The maximum atomic E-state index is 10.2. The molecule has 0 aliphatic rings. The van der Waals surface area contributed by atoms with E-state index in [1.807, 2.05) is 0 Å². The van der Waals surface area contributed by atoms with Gasteiger partial charge in [0.2, 0.25) is 0 Å². The van der Waals surface area contributed by atoms with E-state index in [1.165, 1.54) is 0 Å². The van der Waals surface area contributed by atoms with Gasteiger partial charge in [0.1, 0.15) is 0 Å². The molecule has 3 N–H and O–H groups in total. The number of nitrogens with two attached hydrogens (primary N) is 1. The average Bonchev–Trinajstić information content (AvgIpc) is 2.48. The van der Waals surface area contributed by atoms with Crippen molar-refractivity contribution in [1.29, 1.82) is 0 Å². The number of aromatic nitrogens is 3. The monoisotopic (exact) mass is 221 g/mol. The van der Waals surface area contributed by atoms with Crippen molar-refractivity contribution in [2.45, 2.75) is 12.6 Å². The maximum Gasteiger partial charge on any atom is 0.493 e. The van der Waals surface area contributed by atoms with E-state index in [0.29, 0.717) is 0 Å². The Morgan fingerprint density at radius 1 is 1.79 bits per heavy atom. The summed E-state index contributed by atoms with van der Waals surface area (Å²) in [4.78, 5) is 12.9. The zero-order chi connectivity index (χ0) is 10.7. The van der Waals surface area contributed by atoms with Crippen molar-refractivity contribution in [1.82, 2.24) is 14.8 Å². The predicted octanol–water partition coefficient (Wildman–Crippen LogP) is -0.632. The molecular formula is C5H8ClN5O3. The van der Waals surface area contributed by atoms with E-state index in [1.54, 1.807) is 0 Å². The van der Waals surface area contributed by atoms with Crippen LogP contribution in [0.1, 0.15) is 0 Å². The Labute approximate surface area is 83.4 Å². The van der Waals surface area contributed by atoms with Crippen LogP contribution in [0.2, 0.25) is 0 Å². The summed E-state index contributed by atoms with van der Waals surface area (Å²) < 4.78 is 1.03. The molecule has 0 aliphatic carbocycles. The third-order valence-corrected chi connectivity index (χ3v) is 1.77. The van der Waals surface area contributed by atoms with Gasteiger partial charge in [-0.3, -0.25) is 0 Å². The van der Waals surface area contributed by atoms with Gasteiger partial charge in [0.25, 0.3) is 0 Å². The van der Waals surface area contributed by atoms with Gasteiger partial charge in [-0.05, 0) is 9.91 Å². The molecule has 0 bridgehead atoms. The number of aliphatic hydroxyl groups is 1. The number of nitro groups is 1. The quantitative estimate of drug-likeness (QED) is 0.397. The van der Waals surface area contributed by atoms with Gasteiger partial charge >= 0.3 is 11.9 Å². The molecular weight excluding hydrogens is 214 g/mol. The highest BCUT2D eigenvalue weighted by Crippen LogP contribution is 2.08. The molecule has 0 aromatic carbocycles. The van der Waals surface area contributed by atoms with Gasteiger partial charge in [-0.25, -0.2) is 0 Å². The first kappa shape index (κ1) is 10.7. The molecule has 1 aromatic heterocycles. The molecule has 0 spiro atoms. The molecule has 8 nitrogen and oxygen atoms in total. The summed E-state index contributed by atoms with van der Waals surface area (Å²) in [5, 5.41) is 22.8. The lowest BCUT2D eigenvalue weighted by atomic mass is 10.4. The molecule has 78 valence electrons. The van der Waals surface area contributed by atoms with Crippen LogP contribution in [0.25, 0.3) is 0 Å². The number of hydrogen-bond acceptors (Lipinski definition) is 6. The lowest BCUT2D eigenvalue weighted by Crippen LogP contribution is -2.19. The zero-order valence-corrected chi connectivity index (χ0v) is 7.76. The van der Waals surface area contributed by atoms with E-state index >= 15 is 0 Å². The average molecular weight is 222 g/mol. The zero-order valence-electron chi connectivity index (χ0n) is 7.00. The summed E-state index contributed by atoms with van der Waals surface area (Å²) in [7, 11) is 0. The molecule has 1 aromatic rings. The van der Waals surface area contributed by atoms with Crippen molar-refractivity contribution in [2.75, 3.05) is 11.6 Å². The van der Waals surface area contributed by atoms with Crippen molar-refractivity contribution in [2.24, 2.45) is 0 Å². The molecule has 1 atom stereocenters. The van der Waals surface area contributed by atoms with E-state index < -0.39 is 17.0 Å². The van der Waals surface area contributed by atoms with Gasteiger partial charge in [0.15, 0.2) is 0 Å². The first-order chi connectivity index (χ1) is 6.54. The van der Waals surface area contributed by atoms with Crippen LogP contribution in [0.5, 0.6) is 0 Å². The summed E-state index contributed by atoms with van der Waals surface area (Å²) in [5.74, 6) is -0.724. The van der Waals surface area contributed by atoms with Crippen molar-refractivity contribution in [3.05, 3.63) is 10.1 Å². The van der Waals surface area contributed by atoms with Crippen molar-refractivity contribution in [3.8, 4) is 0 Å². The minimum absolute atomic E-state index is 0.00685. The van der Waals surface area contributed by atoms with Gasteiger partial charge in [-0.15, -0.1) is 16.3 Å². The van der Waals surface area contributed by atoms with Gasteiger partial charge in [-0.2, -0.15) is 0 Å². The maximum absolute atomic E-state index is 10.2. The smallest absolute Gasteiger partial charge is 0.390 e. The second-order valence-electron chi connectivity index (χ2n) is 2.52. The molecule has 0 saturated heterocycles. The van der Waals surface area contributed by atoms with Crippen LogP contribution in [0.3, 0.4) is 0 Å². The summed E-state index contributed by atoms with van der Waals surface area (Å²) in [6.07, 6.45) is -0.861. The molecule has 0 aliphatic heterocycles. The molecule has 1 heterocycles. The van der Waals surface area contributed by atoms with Crippen LogP contribution < -0.4 is 5.73 Å². The van der Waals surface area contributed by atoms with E-state index in [0.717, 1.165) is 4.68 Å². The topological polar surface area (TPSA) is 120 Å². The second-order valence-corrected chi connectivity index (χ2v) is 2.83. The highest BCUT2D eigenvalue weighted by molar-refractivity contribution is 6.18. The SMILES string of the molecule is Nc1nc([N+](=O)[O-])nn1CC(O)CCl. The first-order valence-electron chi connectivity index (χ1n) is 3.63. The fourth-order valence-corrected chi connectivity index (χ4v) is 0.899. The number of nitrogen functional groups attached to an aromatic ring is 1. The van der Waals surface area contributed by atoms with E-state index in [9.17, 15) is 10.1 Å². The highest BCUT2D eigenvalue weighted by Gasteiger charge is 2.20. The van der Waals surface area contributed by atoms with Crippen LogP contribution in [0.4, 0.5) is 11.9 Å². The number of rotatable bonds is 4. The number of alkyl halides is 1. The Morgan fingerprint density at radius 2 is 2.43 bits per heavy atom. The van der Waals surface area contributed by atoms with Crippen LogP contribution in [0.15, 0.2) is 0 Å². The number of anilines is 1. The molecule has 1 rings (SSSR count). The third-order valence-electron chi connectivity index (χ3n) is 1.41.